The first kappa shape index (κ1) is 14.2. The van der Waals surface area contributed by atoms with Crippen molar-refractivity contribution in [2.75, 3.05) is 6.16 Å². The first-order valence-electron chi connectivity index (χ1n) is 5.36. The molecule has 0 aromatic carbocycles. The minimum atomic E-state index is -2.91. The highest BCUT2D eigenvalue weighted by atomic mass is 31.2. The SMILES string of the molecule is CC(CC(C)(C)C)CP(=O)(O)C(C)C. The van der Waals surface area contributed by atoms with Crippen molar-refractivity contribution >= 4 is 7.37 Å². The van der Waals surface area contributed by atoms with Gasteiger partial charge in [0, 0.05) is 11.8 Å². The fourth-order valence-electron chi connectivity index (χ4n) is 1.77. The van der Waals surface area contributed by atoms with Crippen molar-refractivity contribution in [2.24, 2.45) is 11.3 Å². The Morgan fingerprint density at radius 3 is 1.93 bits per heavy atom. The van der Waals surface area contributed by atoms with Gasteiger partial charge in [-0.05, 0) is 17.8 Å². The van der Waals surface area contributed by atoms with Crippen LogP contribution in [-0.4, -0.2) is 16.7 Å². The molecule has 1 N–H and O–H groups in total. The van der Waals surface area contributed by atoms with Gasteiger partial charge in [-0.2, -0.15) is 0 Å². The molecule has 0 rings (SSSR count). The van der Waals surface area contributed by atoms with E-state index in [0.717, 1.165) is 6.42 Å². The van der Waals surface area contributed by atoms with Gasteiger partial charge in [-0.15, -0.1) is 0 Å². The van der Waals surface area contributed by atoms with Crippen LogP contribution in [0, 0.1) is 11.3 Å². The van der Waals surface area contributed by atoms with Gasteiger partial charge in [0.15, 0.2) is 0 Å². The lowest BCUT2D eigenvalue weighted by Gasteiger charge is -2.26. The van der Waals surface area contributed by atoms with Crippen LogP contribution in [0.25, 0.3) is 0 Å². The van der Waals surface area contributed by atoms with Gasteiger partial charge in [-0.1, -0.05) is 41.5 Å². The van der Waals surface area contributed by atoms with Crippen LogP contribution < -0.4 is 0 Å². The van der Waals surface area contributed by atoms with Gasteiger partial charge in [-0.3, -0.25) is 4.57 Å². The summed E-state index contributed by atoms with van der Waals surface area (Å²) in [6.45, 7) is 12.2. The van der Waals surface area contributed by atoms with Crippen molar-refractivity contribution in [3.8, 4) is 0 Å². The summed E-state index contributed by atoms with van der Waals surface area (Å²) >= 11 is 0. The molecular weight excluding hydrogens is 195 g/mol. The van der Waals surface area contributed by atoms with E-state index in [1.54, 1.807) is 0 Å². The fourth-order valence-corrected chi connectivity index (χ4v) is 3.21. The molecule has 0 aromatic heterocycles. The summed E-state index contributed by atoms with van der Waals surface area (Å²) in [5.74, 6) is 0.327. The van der Waals surface area contributed by atoms with Crippen molar-refractivity contribution in [3.63, 3.8) is 0 Å². The van der Waals surface area contributed by atoms with E-state index in [1.807, 2.05) is 13.8 Å². The van der Waals surface area contributed by atoms with Crippen LogP contribution in [0.1, 0.15) is 48.0 Å². The van der Waals surface area contributed by atoms with Crippen LogP contribution in [0.3, 0.4) is 0 Å². The summed E-state index contributed by atoms with van der Waals surface area (Å²) in [7, 11) is -2.91. The normalized spacial score (nSPS) is 19.4. The molecule has 3 heteroatoms. The summed E-state index contributed by atoms with van der Waals surface area (Å²) < 4.78 is 11.8. The lowest BCUT2D eigenvalue weighted by atomic mass is 9.86. The minimum Gasteiger partial charge on any atom is -0.344 e. The molecule has 2 atom stereocenters. The zero-order chi connectivity index (χ0) is 11.6. The molecule has 0 spiro atoms. The van der Waals surface area contributed by atoms with Gasteiger partial charge in [0.2, 0.25) is 7.37 Å². The average Bonchev–Trinajstić information content (AvgIpc) is 1.79. The monoisotopic (exact) mass is 220 g/mol. The Labute approximate surface area is 88.6 Å². The highest BCUT2D eigenvalue weighted by Crippen LogP contribution is 2.48. The third-order valence-electron chi connectivity index (χ3n) is 2.34. The van der Waals surface area contributed by atoms with Crippen LogP contribution in [-0.2, 0) is 4.57 Å². The van der Waals surface area contributed by atoms with Crippen molar-refractivity contribution < 1.29 is 9.46 Å². The summed E-state index contributed by atoms with van der Waals surface area (Å²) in [5, 5.41) is 0. The molecule has 0 amide bonds. The van der Waals surface area contributed by atoms with E-state index in [9.17, 15) is 9.46 Å². The zero-order valence-corrected chi connectivity index (χ0v) is 11.3. The Bertz CT molecular complexity index is 216. The van der Waals surface area contributed by atoms with E-state index in [-0.39, 0.29) is 11.1 Å². The first-order chi connectivity index (χ1) is 6.04. The van der Waals surface area contributed by atoms with Crippen LogP contribution in [0.4, 0.5) is 0 Å². The maximum Gasteiger partial charge on any atom is 0.203 e. The number of hydrogen-bond donors (Lipinski definition) is 1. The van der Waals surface area contributed by atoms with Crippen LogP contribution >= 0.6 is 7.37 Å². The van der Waals surface area contributed by atoms with Gasteiger partial charge in [-0.25, -0.2) is 0 Å². The highest BCUT2D eigenvalue weighted by Gasteiger charge is 2.27. The standard InChI is InChI=1S/C11H25O2P/c1-9(2)14(12,13)8-10(3)7-11(4,5)6/h9-10H,7-8H2,1-6H3,(H,12,13). The van der Waals surface area contributed by atoms with Gasteiger partial charge >= 0.3 is 0 Å². The number of rotatable bonds is 4. The minimum absolute atomic E-state index is 0.107. The molecule has 0 bridgehead atoms. The Morgan fingerprint density at radius 1 is 1.21 bits per heavy atom. The maximum absolute atomic E-state index is 11.8. The van der Waals surface area contributed by atoms with Crippen molar-refractivity contribution in [2.45, 2.75) is 53.6 Å². The van der Waals surface area contributed by atoms with E-state index in [2.05, 4.69) is 27.7 Å². The first-order valence-corrected chi connectivity index (χ1v) is 7.27. The Balaban J connectivity index is 4.20. The molecule has 0 aliphatic heterocycles. The summed E-state index contributed by atoms with van der Waals surface area (Å²) in [6.07, 6.45) is 1.46. The quantitative estimate of drug-likeness (QED) is 0.733. The van der Waals surface area contributed by atoms with Crippen LogP contribution in [0.15, 0.2) is 0 Å². The molecule has 0 saturated carbocycles. The molecule has 0 saturated heterocycles. The molecule has 14 heavy (non-hydrogen) atoms. The molecule has 0 aromatic rings. The van der Waals surface area contributed by atoms with E-state index in [0.29, 0.717) is 12.1 Å². The van der Waals surface area contributed by atoms with Crippen LogP contribution in [0.2, 0.25) is 0 Å². The lowest BCUT2D eigenvalue weighted by molar-refractivity contribution is 0.316. The van der Waals surface area contributed by atoms with E-state index < -0.39 is 7.37 Å². The molecule has 2 nitrogen and oxygen atoms in total. The largest absolute Gasteiger partial charge is 0.344 e. The van der Waals surface area contributed by atoms with Gasteiger partial charge in [0.25, 0.3) is 0 Å². The molecule has 0 aliphatic rings. The lowest BCUT2D eigenvalue weighted by Crippen LogP contribution is -2.16. The summed E-state index contributed by atoms with van der Waals surface area (Å²) in [5.41, 5.74) is 0.140. The molecule has 2 unspecified atom stereocenters. The maximum atomic E-state index is 11.8. The second kappa shape index (κ2) is 4.81. The Hall–Kier alpha value is 0.190. The third kappa shape index (κ3) is 5.82. The van der Waals surface area contributed by atoms with Gasteiger partial charge in [0.1, 0.15) is 0 Å². The van der Waals surface area contributed by atoms with Gasteiger partial charge in [0.05, 0.1) is 0 Å². The van der Waals surface area contributed by atoms with Crippen LogP contribution in [0.5, 0.6) is 0 Å². The topological polar surface area (TPSA) is 37.3 Å². The van der Waals surface area contributed by atoms with Crippen molar-refractivity contribution in [3.05, 3.63) is 0 Å². The summed E-state index contributed by atoms with van der Waals surface area (Å²) in [4.78, 5) is 9.71. The van der Waals surface area contributed by atoms with E-state index in [1.165, 1.54) is 0 Å². The van der Waals surface area contributed by atoms with Crippen molar-refractivity contribution in [1.82, 2.24) is 0 Å². The van der Waals surface area contributed by atoms with Crippen molar-refractivity contribution in [1.29, 1.82) is 0 Å². The summed E-state index contributed by atoms with van der Waals surface area (Å²) in [6, 6.07) is 0. The molecule has 0 aliphatic carbocycles. The predicted molar refractivity (Wildman–Crippen MR) is 63.1 cm³/mol. The zero-order valence-electron chi connectivity index (χ0n) is 10.4. The molecular formula is C11H25O2P. The molecule has 0 heterocycles. The fraction of sp³-hybridized carbons (Fsp3) is 1.00. The van der Waals surface area contributed by atoms with E-state index >= 15 is 0 Å². The smallest absolute Gasteiger partial charge is 0.203 e. The second-order valence-electron chi connectivity index (χ2n) is 5.90. The second-order valence-corrected chi connectivity index (χ2v) is 8.81. The molecule has 0 radical (unpaired) electrons. The highest BCUT2D eigenvalue weighted by molar-refractivity contribution is 7.58. The molecule has 86 valence electrons. The Kier molecular flexibility index (Phi) is 4.87. The van der Waals surface area contributed by atoms with Gasteiger partial charge < -0.3 is 4.89 Å². The number of hydrogen-bond acceptors (Lipinski definition) is 1. The third-order valence-corrected chi connectivity index (χ3v) is 5.10. The average molecular weight is 220 g/mol. The predicted octanol–water partition coefficient (Wildman–Crippen LogP) is 3.74. The Morgan fingerprint density at radius 2 is 1.64 bits per heavy atom. The van der Waals surface area contributed by atoms with E-state index in [4.69, 9.17) is 0 Å². The molecule has 0 fully saturated rings.